The predicted molar refractivity (Wildman–Crippen MR) is 82.6 cm³/mol. The van der Waals surface area contributed by atoms with Crippen LogP contribution in [0.2, 0.25) is 0 Å². The Morgan fingerprint density at radius 1 is 1.57 bits per heavy atom. The lowest BCUT2D eigenvalue weighted by molar-refractivity contribution is 0.184. The molecule has 1 aliphatic heterocycles. The van der Waals surface area contributed by atoms with Gasteiger partial charge in [-0.15, -0.1) is 0 Å². The highest BCUT2D eigenvalue weighted by molar-refractivity contribution is 5.90. The van der Waals surface area contributed by atoms with E-state index in [0.717, 1.165) is 25.6 Å². The number of pyridine rings is 1. The van der Waals surface area contributed by atoms with Crippen LogP contribution in [-0.2, 0) is 0 Å². The molecule has 0 radical (unpaired) electrons. The van der Waals surface area contributed by atoms with Crippen LogP contribution in [-0.4, -0.2) is 49.2 Å². The van der Waals surface area contributed by atoms with E-state index in [4.69, 9.17) is 4.74 Å². The lowest BCUT2D eigenvalue weighted by atomic mass is 10.0. The summed E-state index contributed by atoms with van der Waals surface area (Å²) < 4.78 is 5.10. The quantitative estimate of drug-likeness (QED) is 0.870. The van der Waals surface area contributed by atoms with Gasteiger partial charge in [0.25, 0.3) is 0 Å². The van der Waals surface area contributed by atoms with Gasteiger partial charge in [0.05, 0.1) is 7.11 Å². The summed E-state index contributed by atoms with van der Waals surface area (Å²) >= 11 is 0. The Labute approximate surface area is 125 Å². The Morgan fingerprint density at radius 2 is 2.43 bits per heavy atom. The normalized spacial score (nSPS) is 19.0. The number of hydrogen-bond donors (Lipinski definition) is 2. The molecule has 1 aliphatic rings. The van der Waals surface area contributed by atoms with Crippen LogP contribution in [0, 0.1) is 5.92 Å². The number of nitrogens with one attached hydrogen (secondary N) is 2. The third kappa shape index (κ3) is 4.90. The molecule has 1 aromatic heterocycles. The van der Waals surface area contributed by atoms with E-state index < -0.39 is 0 Å². The highest BCUT2D eigenvalue weighted by Gasteiger charge is 2.15. The molecule has 0 spiro atoms. The summed E-state index contributed by atoms with van der Waals surface area (Å²) in [5.74, 6) is 1.17. The van der Waals surface area contributed by atoms with E-state index in [9.17, 15) is 4.79 Å². The molecule has 1 fully saturated rings. The number of hydrogen-bond acceptors (Lipinski definition) is 4. The number of ether oxygens (including phenoxy) is 1. The van der Waals surface area contributed by atoms with Crippen LogP contribution < -0.4 is 15.4 Å². The van der Waals surface area contributed by atoms with Gasteiger partial charge in [0.15, 0.2) is 0 Å². The van der Waals surface area contributed by atoms with Crippen molar-refractivity contribution in [3.63, 3.8) is 0 Å². The summed E-state index contributed by atoms with van der Waals surface area (Å²) in [6, 6.07) is 3.29. The molecular weight excluding hydrogens is 268 g/mol. The minimum atomic E-state index is -0.230. The van der Waals surface area contributed by atoms with Crippen molar-refractivity contribution in [3.05, 3.63) is 18.3 Å². The molecular formula is C15H24N4O2. The molecule has 116 valence electrons. The van der Waals surface area contributed by atoms with Crippen LogP contribution in [0.3, 0.4) is 0 Å². The molecule has 6 heteroatoms. The average Bonchev–Trinajstić information content (AvgIpc) is 2.48. The number of piperidine rings is 1. The fourth-order valence-electron chi connectivity index (χ4n) is 2.63. The topological polar surface area (TPSA) is 66.5 Å². The van der Waals surface area contributed by atoms with Crippen molar-refractivity contribution in [2.75, 3.05) is 38.6 Å². The minimum Gasteiger partial charge on any atom is -0.480 e. The molecule has 21 heavy (non-hydrogen) atoms. The SMILES string of the molecule is COc1ncccc1NC(=O)NCCN1CCC[C@H](C)C1. The molecule has 0 bridgehead atoms. The molecule has 2 amide bonds. The van der Waals surface area contributed by atoms with E-state index >= 15 is 0 Å². The maximum atomic E-state index is 11.9. The van der Waals surface area contributed by atoms with Gasteiger partial charge in [-0.3, -0.25) is 0 Å². The second-order valence-electron chi connectivity index (χ2n) is 5.49. The number of urea groups is 1. The van der Waals surface area contributed by atoms with Crippen molar-refractivity contribution in [2.45, 2.75) is 19.8 Å². The molecule has 2 rings (SSSR count). The molecule has 0 aromatic carbocycles. The first-order valence-corrected chi connectivity index (χ1v) is 7.45. The summed E-state index contributed by atoms with van der Waals surface area (Å²) in [4.78, 5) is 18.3. The van der Waals surface area contributed by atoms with E-state index in [1.807, 2.05) is 0 Å². The molecule has 1 aromatic rings. The molecule has 0 saturated carbocycles. The van der Waals surface area contributed by atoms with Gasteiger partial charge in [-0.05, 0) is 37.4 Å². The van der Waals surface area contributed by atoms with Crippen LogP contribution in [0.1, 0.15) is 19.8 Å². The number of nitrogens with zero attached hydrogens (tertiary/aromatic N) is 2. The van der Waals surface area contributed by atoms with E-state index in [1.165, 1.54) is 20.0 Å². The molecule has 2 heterocycles. The first-order chi connectivity index (χ1) is 10.2. The monoisotopic (exact) mass is 292 g/mol. The fourth-order valence-corrected chi connectivity index (χ4v) is 2.63. The zero-order valence-electron chi connectivity index (χ0n) is 12.8. The van der Waals surface area contributed by atoms with Crippen LogP contribution >= 0.6 is 0 Å². The zero-order chi connectivity index (χ0) is 15.1. The van der Waals surface area contributed by atoms with Gasteiger partial charge in [0.1, 0.15) is 5.69 Å². The second kappa shape index (κ2) is 7.83. The second-order valence-corrected chi connectivity index (χ2v) is 5.49. The zero-order valence-corrected chi connectivity index (χ0v) is 12.8. The summed E-state index contributed by atoms with van der Waals surface area (Å²) in [6.07, 6.45) is 4.19. The van der Waals surface area contributed by atoms with Gasteiger partial charge in [-0.25, -0.2) is 9.78 Å². The number of carbonyl (C=O) groups excluding carboxylic acids is 1. The maximum Gasteiger partial charge on any atom is 0.319 e. The molecule has 2 N–H and O–H groups in total. The van der Waals surface area contributed by atoms with Crippen LogP contribution in [0.25, 0.3) is 0 Å². The van der Waals surface area contributed by atoms with Crippen molar-refractivity contribution >= 4 is 11.7 Å². The number of amides is 2. The molecule has 6 nitrogen and oxygen atoms in total. The molecule has 0 unspecified atom stereocenters. The lowest BCUT2D eigenvalue weighted by Crippen LogP contribution is -2.41. The van der Waals surface area contributed by atoms with Gasteiger partial charge in [0, 0.05) is 25.8 Å². The van der Waals surface area contributed by atoms with Crippen LogP contribution in [0.15, 0.2) is 18.3 Å². The number of likely N-dealkylation sites (tertiary alicyclic amines) is 1. The van der Waals surface area contributed by atoms with E-state index in [1.54, 1.807) is 18.3 Å². The number of aromatic nitrogens is 1. The van der Waals surface area contributed by atoms with Gasteiger partial charge in [-0.1, -0.05) is 6.92 Å². The predicted octanol–water partition coefficient (Wildman–Crippen LogP) is 1.94. The van der Waals surface area contributed by atoms with Crippen molar-refractivity contribution in [1.82, 2.24) is 15.2 Å². The van der Waals surface area contributed by atoms with Crippen LogP contribution in [0.5, 0.6) is 5.88 Å². The Bertz CT molecular complexity index is 467. The smallest absolute Gasteiger partial charge is 0.319 e. The van der Waals surface area contributed by atoms with E-state index in [2.05, 4.69) is 27.4 Å². The van der Waals surface area contributed by atoms with Gasteiger partial charge in [-0.2, -0.15) is 0 Å². The third-order valence-corrected chi connectivity index (χ3v) is 3.67. The summed E-state index contributed by atoms with van der Waals surface area (Å²) in [7, 11) is 1.53. The highest BCUT2D eigenvalue weighted by Crippen LogP contribution is 2.19. The third-order valence-electron chi connectivity index (χ3n) is 3.67. The van der Waals surface area contributed by atoms with Crippen molar-refractivity contribution in [3.8, 4) is 5.88 Å². The highest BCUT2D eigenvalue weighted by atomic mass is 16.5. The summed E-state index contributed by atoms with van der Waals surface area (Å²) in [5, 5.41) is 5.62. The lowest BCUT2D eigenvalue weighted by Gasteiger charge is -2.30. The van der Waals surface area contributed by atoms with Gasteiger partial charge < -0.3 is 20.3 Å². The summed E-state index contributed by atoms with van der Waals surface area (Å²) in [5.41, 5.74) is 0.573. The summed E-state index contributed by atoms with van der Waals surface area (Å²) in [6.45, 7) is 6.06. The number of methoxy groups -OCH3 is 1. The van der Waals surface area contributed by atoms with Gasteiger partial charge >= 0.3 is 6.03 Å². The first kappa shape index (κ1) is 15.6. The largest absolute Gasteiger partial charge is 0.480 e. The van der Waals surface area contributed by atoms with Crippen molar-refractivity contribution in [1.29, 1.82) is 0 Å². The standard InChI is InChI=1S/C15H24N4O2/c1-12-5-4-9-19(11-12)10-8-17-15(20)18-13-6-3-7-16-14(13)21-2/h3,6-7,12H,4-5,8-11H2,1-2H3,(H2,17,18,20)/t12-/m0/s1. The van der Waals surface area contributed by atoms with E-state index in [0.29, 0.717) is 18.1 Å². The number of rotatable bonds is 5. The fraction of sp³-hybridized carbons (Fsp3) is 0.600. The van der Waals surface area contributed by atoms with Crippen molar-refractivity contribution < 1.29 is 9.53 Å². The maximum absolute atomic E-state index is 11.9. The first-order valence-electron chi connectivity index (χ1n) is 7.45. The Hall–Kier alpha value is -1.82. The Kier molecular flexibility index (Phi) is 5.80. The molecule has 1 atom stereocenters. The number of anilines is 1. The average molecular weight is 292 g/mol. The Balaban J connectivity index is 1.72. The van der Waals surface area contributed by atoms with Gasteiger partial charge in [0.2, 0.25) is 5.88 Å². The minimum absolute atomic E-state index is 0.230. The number of carbonyl (C=O) groups is 1. The molecule has 0 aliphatic carbocycles. The Morgan fingerprint density at radius 3 is 3.19 bits per heavy atom. The van der Waals surface area contributed by atoms with E-state index in [-0.39, 0.29) is 6.03 Å². The van der Waals surface area contributed by atoms with Crippen molar-refractivity contribution in [2.24, 2.45) is 5.92 Å². The van der Waals surface area contributed by atoms with Crippen LogP contribution in [0.4, 0.5) is 10.5 Å². The molecule has 1 saturated heterocycles.